The summed E-state index contributed by atoms with van der Waals surface area (Å²) in [6.45, 7) is 7.79. The molecule has 0 saturated heterocycles. The summed E-state index contributed by atoms with van der Waals surface area (Å²) >= 11 is 3.11. The van der Waals surface area contributed by atoms with Crippen molar-refractivity contribution < 1.29 is 14.3 Å². The first-order valence-electron chi connectivity index (χ1n) is 9.92. The normalized spacial score (nSPS) is 11.2. The number of anilines is 2. The molecule has 0 unspecified atom stereocenters. The van der Waals surface area contributed by atoms with Gasteiger partial charge in [-0.25, -0.2) is 9.78 Å². The third kappa shape index (κ3) is 6.56. The van der Waals surface area contributed by atoms with Gasteiger partial charge in [-0.1, -0.05) is 6.07 Å². The lowest BCUT2D eigenvalue weighted by atomic mass is 10.1. The van der Waals surface area contributed by atoms with Crippen molar-refractivity contribution in [3.63, 3.8) is 0 Å². The van der Waals surface area contributed by atoms with Crippen LogP contribution in [0.5, 0.6) is 0 Å². The Labute approximate surface area is 196 Å². The van der Waals surface area contributed by atoms with Crippen molar-refractivity contribution in [3.05, 3.63) is 48.7 Å². The second-order valence-electron chi connectivity index (χ2n) is 8.07. The van der Waals surface area contributed by atoms with E-state index in [2.05, 4.69) is 45.8 Å². The van der Waals surface area contributed by atoms with Crippen LogP contribution in [-0.2, 0) is 9.53 Å². The van der Waals surface area contributed by atoms with E-state index in [1.807, 2.05) is 48.7 Å². The molecule has 1 aromatic heterocycles. The maximum Gasteiger partial charge on any atom is 0.411 e. The van der Waals surface area contributed by atoms with Crippen LogP contribution in [0.2, 0.25) is 0 Å². The van der Waals surface area contributed by atoms with E-state index in [1.165, 1.54) is 26.0 Å². The maximum absolute atomic E-state index is 11.5. The minimum Gasteiger partial charge on any atom is -0.453 e. The fraction of sp³-hybridized carbons (Fsp3) is 0.261. The molecule has 3 N–H and O–H groups in total. The third-order valence-corrected chi connectivity index (χ3v) is 6.46. The lowest BCUT2D eigenvalue weighted by molar-refractivity contribution is -0.114. The molecule has 0 aliphatic carbocycles. The van der Waals surface area contributed by atoms with Gasteiger partial charge in [0.15, 0.2) is 0 Å². The van der Waals surface area contributed by atoms with Crippen LogP contribution in [0.3, 0.4) is 0 Å². The van der Waals surface area contributed by atoms with Crippen molar-refractivity contribution in [3.8, 4) is 21.0 Å². The van der Waals surface area contributed by atoms with Crippen LogP contribution in [0.1, 0.15) is 27.7 Å². The van der Waals surface area contributed by atoms with Crippen LogP contribution in [0, 0.1) is 0 Å². The fourth-order valence-electron chi connectivity index (χ4n) is 2.70. The summed E-state index contributed by atoms with van der Waals surface area (Å²) in [5.74, 6) is -0.109. The Hall–Kier alpha value is -2.88. The van der Waals surface area contributed by atoms with E-state index in [4.69, 9.17) is 0 Å². The van der Waals surface area contributed by atoms with Crippen LogP contribution in [-0.4, -0.2) is 29.6 Å². The van der Waals surface area contributed by atoms with Crippen molar-refractivity contribution in [2.24, 2.45) is 0 Å². The molecular weight excluding hydrogens is 444 g/mol. The Bertz CT molecular complexity index is 1110. The molecule has 0 fully saturated rings. The number of methoxy groups -OCH3 is 1. The molecule has 0 atom stereocenters. The lowest BCUT2D eigenvalue weighted by Crippen LogP contribution is -2.29. The van der Waals surface area contributed by atoms with Crippen LogP contribution in [0.15, 0.2) is 53.6 Å². The molecule has 2 aromatic carbocycles. The fourth-order valence-corrected chi connectivity index (χ4v) is 4.61. The first-order valence-corrected chi connectivity index (χ1v) is 11.5. The van der Waals surface area contributed by atoms with E-state index in [0.717, 1.165) is 31.6 Å². The molecule has 168 valence electrons. The summed E-state index contributed by atoms with van der Waals surface area (Å²) in [6.07, 6.45) is 1.35. The van der Waals surface area contributed by atoms with Crippen molar-refractivity contribution in [1.29, 1.82) is 0 Å². The maximum atomic E-state index is 11.5. The number of amides is 2. The van der Waals surface area contributed by atoms with Gasteiger partial charge in [0, 0.05) is 46.1 Å². The number of thiazole rings is 1. The Morgan fingerprint density at radius 3 is 2.34 bits per heavy atom. The minimum atomic E-state index is -0.508. The number of rotatable bonds is 6. The number of hydrogen-bond donors (Lipinski definition) is 3. The molecule has 0 radical (unpaired) electrons. The standard InChI is InChI=1S/C23H26N4O3S2/c1-14(28)25-17-10-11-18(19(12-17)32-27-23(2,3)4)20-13-24-21(31-20)15-6-8-16(9-7-15)26-22(29)30-5/h6-13,27H,1-5H3,(H,25,28)(H,26,29). The molecule has 0 saturated carbocycles. The van der Waals surface area contributed by atoms with E-state index >= 15 is 0 Å². The monoisotopic (exact) mass is 470 g/mol. The Morgan fingerprint density at radius 1 is 1.03 bits per heavy atom. The van der Waals surface area contributed by atoms with Gasteiger partial charge < -0.3 is 10.1 Å². The zero-order chi connectivity index (χ0) is 23.3. The summed E-state index contributed by atoms with van der Waals surface area (Å²) in [5.41, 5.74) is 3.31. The molecule has 7 nitrogen and oxygen atoms in total. The molecule has 1 heterocycles. The highest BCUT2D eigenvalue weighted by Crippen LogP contribution is 2.38. The average Bonchev–Trinajstić information content (AvgIpc) is 3.22. The highest BCUT2D eigenvalue weighted by molar-refractivity contribution is 7.97. The SMILES string of the molecule is COC(=O)Nc1ccc(-c2ncc(-c3ccc(NC(C)=O)cc3SNC(C)(C)C)s2)cc1. The molecule has 0 aliphatic rings. The van der Waals surface area contributed by atoms with Crippen LogP contribution in [0.25, 0.3) is 21.0 Å². The minimum absolute atomic E-state index is 0.0786. The van der Waals surface area contributed by atoms with E-state index in [9.17, 15) is 9.59 Å². The average molecular weight is 471 g/mol. The Balaban J connectivity index is 1.88. The quantitative estimate of drug-likeness (QED) is 0.382. The third-order valence-electron chi connectivity index (χ3n) is 4.10. The molecule has 32 heavy (non-hydrogen) atoms. The molecular formula is C23H26N4O3S2. The van der Waals surface area contributed by atoms with E-state index < -0.39 is 6.09 Å². The molecule has 0 bridgehead atoms. The van der Waals surface area contributed by atoms with E-state index in [-0.39, 0.29) is 11.4 Å². The van der Waals surface area contributed by atoms with E-state index in [0.29, 0.717) is 5.69 Å². The first kappa shape index (κ1) is 23.8. The summed E-state index contributed by atoms with van der Waals surface area (Å²) in [5, 5.41) is 6.35. The lowest BCUT2D eigenvalue weighted by Gasteiger charge is -2.20. The largest absolute Gasteiger partial charge is 0.453 e. The number of ether oxygens (including phenoxy) is 1. The molecule has 2 amide bonds. The highest BCUT2D eigenvalue weighted by Gasteiger charge is 2.16. The van der Waals surface area contributed by atoms with Gasteiger partial charge in [0.05, 0.1) is 12.0 Å². The number of benzene rings is 2. The molecule has 9 heteroatoms. The van der Waals surface area contributed by atoms with E-state index in [1.54, 1.807) is 11.3 Å². The van der Waals surface area contributed by atoms with Gasteiger partial charge in [-0.3, -0.25) is 14.8 Å². The number of hydrogen-bond acceptors (Lipinski definition) is 7. The van der Waals surface area contributed by atoms with Gasteiger partial charge >= 0.3 is 6.09 Å². The highest BCUT2D eigenvalue weighted by atomic mass is 32.2. The van der Waals surface area contributed by atoms with Gasteiger partial charge in [-0.2, -0.15) is 0 Å². The summed E-state index contributed by atoms with van der Waals surface area (Å²) in [4.78, 5) is 29.5. The Morgan fingerprint density at radius 2 is 1.72 bits per heavy atom. The van der Waals surface area contributed by atoms with Gasteiger partial charge in [0.25, 0.3) is 0 Å². The summed E-state index contributed by atoms with van der Waals surface area (Å²) in [7, 11) is 1.33. The zero-order valence-corrected chi connectivity index (χ0v) is 20.2. The number of carbonyl (C=O) groups is 2. The van der Waals surface area contributed by atoms with Crippen molar-refractivity contribution in [1.82, 2.24) is 9.71 Å². The zero-order valence-electron chi connectivity index (χ0n) is 18.6. The van der Waals surface area contributed by atoms with Crippen molar-refractivity contribution in [2.45, 2.75) is 38.1 Å². The van der Waals surface area contributed by atoms with Gasteiger partial charge in [0.1, 0.15) is 5.01 Å². The van der Waals surface area contributed by atoms with Crippen molar-refractivity contribution in [2.75, 3.05) is 17.7 Å². The first-order chi connectivity index (χ1) is 15.1. The van der Waals surface area contributed by atoms with Crippen LogP contribution in [0.4, 0.5) is 16.2 Å². The molecule has 3 aromatic rings. The number of aromatic nitrogens is 1. The second-order valence-corrected chi connectivity index (χ2v) is 9.95. The molecule has 0 aliphatic heterocycles. The summed E-state index contributed by atoms with van der Waals surface area (Å²) < 4.78 is 8.05. The Kier molecular flexibility index (Phi) is 7.55. The molecule has 3 rings (SSSR count). The predicted octanol–water partition coefficient (Wildman–Crippen LogP) is 6.01. The smallest absolute Gasteiger partial charge is 0.411 e. The predicted molar refractivity (Wildman–Crippen MR) is 132 cm³/mol. The van der Waals surface area contributed by atoms with Gasteiger partial charge in [-0.05, 0) is 69.1 Å². The number of nitrogens with one attached hydrogen (secondary N) is 3. The van der Waals surface area contributed by atoms with Crippen LogP contribution < -0.4 is 15.4 Å². The van der Waals surface area contributed by atoms with Gasteiger partial charge in [0.2, 0.25) is 5.91 Å². The number of carbonyl (C=O) groups excluding carboxylic acids is 2. The van der Waals surface area contributed by atoms with Gasteiger partial charge in [-0.15, -0.1) is 11.3 Å². The second kappa shape index (κ2) is 10.2. The topological polar surface area (TPSA) is 92.3 Å². The molecule has 0 spiro atoms. The summed E-state index contributed by atoms with van der Waals surface area (Å²) in [6, 6.07) is 13.3. The van der Waals surface area contributed by atoms with Crippen LogP contribution >= 0.6 is 23.3 Å². The number of nitrogens with zero attached hydrogens (tertiary/aromatic N) is 1. The van der Waals surface area contributed by atoms with Crippen molar-refractivity contribution >= 4 is 46.7 Å².